The Kier molecular flexibility index (Phi) is 5.60. The molecular weight excluding hydrogens is 362 g/mol. The fourth-order valence-electron chi connectivity index (χ4n) is 2.60. The van der Waals surface area contributed by atoms with E-state index < -0.39 is 0 Å². The zero-order chi connectivity index (χ0) is 17.8. The highest BCUT2D eigenvalue weighted by molar-refractivity contribution is 7.18. The molecule has 0 saturated carbocycles. The van der Waals surface area contributed by atoms with Gasteiger partial charge in [-0.1, -0.05) is 17.7 Å². The molecule has 5 nitrogen and oxygen atoms in total. The molecule has 25 heavy (non-hydrogen) atoms. The predicted molar refractivity (Wildman–Crippen MR) is 96.5 cm³/mol. The van der Waals surface area contributed by atoms with Crippen LogP contribution in [0.2, 0.25) is 4.34 Å². The van der Waals surface area contributed by atoms with Gasteiger partial charge in [0.25, 0.3) is 0 Å². The second-order valence-electron chi connectivity index (χ2n) is 5.62. The lowest BCUT2D eigenvalue weighted by atomic mass is 10.1. The summed E-state index contributed by atoms with van der Waals surface area (Å²) < 4.78 is 11.2. The SMILES string of the molecule is CCN(Cc1ccc2c(c1)OCO2)C(=O)CCC(=O)c1ccc(Cl)s1. The van der Waals surface area contributed by atoms with Crippen LogP contribution in [0.15, 0.2) is 30.3 Å². The first kappa shape index (κ1) is 17.8. The number of ether oxygens (including phenoxy) is 2. The summed E-state index contributed by atoms with van der Waals surface area (Å²) in [6, 6.07) is 9.04. The van der Waals surface area contributed by atoms with E-state index in [2.05, 4.69) is 0 Å². The molecule has 7 heteroatoms. The van der Waals surface area contributed by atoms with E-state index in [-0.39, 0.29) is 31.3 Å². The molecule has 0 saturated heterocycles. The molecule has 1 aliphatic heterocycles. The number of rotatable bonds is 7. The Morgan fingerprint density at radius 2 is 1.96 bits per heavy atom. The number of thiophene rings is 1. The van der Waals surface area contributed by atoms with Crippen LogP contribution in [0.1, 0.15) is 35.0 Å². The van der Waals surface area contributed by atoms with Crippen molar-refractivity contribution in [2.24, 2.45) is 0 Å². The molecular formula is C18H18ClNO4S. The number of fused-ring (bicyclic) bond motifs is 1. The second-order valence-corrected chi connectivity index (χ2v) is 7.34. The number of nitrogens with zero attached hydrogens (tertiary/aromatic N) is 1. The van der Waals surface area contributed by atoms with Crippen molar-refractivity contribution in [1.29, 1.82) is 0 Å². The van der Waals surface area contributed by atoms with Crippen molar-refractivity contribution in [1.82, 2.24) is 4.90 Å². The first-order valence-corrected chi connectivity index (χ1v) is 9.21. The number of halogens is 1. The standard InChI is InChI=1S/C18H18ClNO4S/c1-2-20(10-12-3-5-14-15(9-12)24-11-23-14)18(22)8-4-13(21)16-6-7-17(19)25-16/h3,5-7,9H,2,4,8,10-11H2,1H3. The van der Waals surface area contributed by atoms with Crippen molar-refractivity contribution in [3.63, 3.8) is 0 Å². The Balaban J connectivity index is 1.57. The number of benzene rings is 1. The lowest BCUT2D eigenvalue weighted by molar-refractivity contribution is -0.131. The lowest BCUT2D eigenvalue weighted by Crippen LogP contribution is -2.30. The van der Waals surface area contributed by atoms with E-state index >= 15 is 0 Å². The van der Waals surface area contributed by atoms with Gasteiger partial charge in [0.2, 0.25) is 12.7 Å². The summed E-state index contributed by atoms with van der Waals surface area (Å²) in [5.41, 5.74) is 0.968. The number of ketones is 1. The third-order valence-electron chi connectivity index (χ3n) is 3.96. The number of hydrogen-bond acceptors (Lipinski definition) is 5. The molecule has 0 N–H and O–H groups in total. The van der Waals surface area contributed by atoms with Gasteiger partial charge in [0.15, 0.2) is 17.3 Å². The number of carbonyl (C=O) groups is 2. The summed E-state index contributed by atoms with van der Waals surface area (Å²) in [5.74, 6) is 1.32. The van der Waals surface area contributed by atoms with Gasteiger partial charge in [-0.2, -0.15) is 0 Å². The molecule has 0 unspecified atom stereocenters. The van der Waals surface area contributed by atoms with Gasteiger partial charge in [0, 0.05) is 25.9 Å². The first-order valence-electron chi connectivity index (χ1n) is 8.01. The summed E-state index contributed by atoms with van der Waals surface area (Å²) in [7, 11) is 0. The van der Waals surface area contributed by atoms with Gasteiger partial charge in [0.1, 0.15) is 0 Å². The molecule has 0 bridgehead atoms. The monoisotopic (exact) mass is 379 g/mol. The molecule has 2 aromatic rings. The molecule has 1 amide bonds. The van der Waals surface area contributed by atoms with E-state index in [0.717, 1.165) is 11.3 Å². The molecule has 0 radical (unpaired) electrons. The molecule has 0 spiro atoms. The van der Waals surface area contributed by atoms with Crippen molar-refractivity contribution >= 4 is 34.6 Å². The summed E-state index contributed by atoms with van der Waals surface area (Å²) in [5, 5.41) is 0. The van der Waals surface area contributed by atoms with Crippen LogP contribution >= 0.6 is 22.9 Å². The largest absolute Gasteiger partial charge is 0.454 e. The molecule has 3 rings (SSSR count). The molecule has 0 atom stereocenters. The van der Waals surface area contributed by atoms with E-state index in [1.165, 1.54) is 11.3 Å². The van der Waals surface area contributed by atoms with Gasteiger partial charge in [0.05, 0.1) is 9.21 Å². The highest BCUT2D eigenvalue weighted by Crippen LogP contribution is 2.32. The lowest BCUT2D eigenvalue weighted by Gasteiger charge is -2.21. The minimum absolute atomic E-state index is 0.0452. The minimum Gasteiger partial charge on any atom is -0.454 e. The van der Waals surface area contributed by atoms with Crippen molar-refractivity contribution in [2.45, 2.75) is 26.3 Å². The van der Waals surface area contributed by atoms with Gasteiger partial charge in [-0.3, -0.25) is 9.59 Å². The third-order valence-corrected chi connectivity index (χ3v) is 5.23. The molecule has 1 aliphatic rings. The number of amides is 1. The fraction of sp³-hybridized carbons (Fsp3) is 0.333. The molecule has 1 aromatic heterocycles. The molecule has 0 aliphatic carbocycles. The van der Waals surface area contributed by atoms with Crippen LogP contribution in [0.4, 0.5) is 0 Å². The summed E-state index contributed by atoms with van der Waals surface area (Å²) >= 11 is 7.08. The normalized spacial score (nSPS) is 12.2. The first-order chi connectivity index (χ1) is 12.1. The number of carbonyl (C=O) groups excluding carboxylic acids is 2. The van der Waals surface area contributed by atoms with Crippen molar-refractivity contribution in [2.75, 3.05) is 13.3 Å². The van der Waals surface area contributed by atoms with Crippen molar-refractivity contribution < 1.29 is 19.1 Å². The van der Waals surface area contributed by atoms with Gasteiger partial charge < -0.3 is 14.4 Å². The van der Waals surface area contributed by atoms with E-state index in [1.807, 2.05) is 25.1 Å². The van der Waals surface area contributed by atoms with E-state index in [1.54, 1.807) is 17.0 Å². The van der Waals surface area contributed by atoms with E-state index in [4.69, 9.17) is 21.1 Å². The van der Waals surface area contributed by atoms with E-state index in [9.17, 15) is 9.59 Å². The van der Waals surface area contributed by atoms with Crippen LogP contribution in [0.5, 0.6) is 11.5 Å². The van der Waals surface area contributed by atoms with Gasteiger partial charge >= 0.3 is 0 Å². The van der Waals surface area contributed by atoms with Crippen molar-refractivity contribution in [3.8, 4) is 11.5 Å². The van der Waals surface area contributed by atoms with Crippen LogP contribution in [-0.4, -0.2) is 29.9 Å². The average Bonchev–Trinajstić information content (AvgIpc) is 3.25. The van der Waals surface area contributed by atoms with Crippen molar-refractivity contribution in [3.05, 3.63) is 45.1 Å². The Morgan fingerprint density at radius 3 is 2.68 bits per heavy atom. The van der Waals surface area contributed by atoms with Crippen LogP contribution in [-0.2, 0) is 11.3 Å². The maximum atomic E-state index is 12.4. The highest BCUT2D eigenvalue weighted by Gasteiger charge is 2.18. The smallest absolute Gasteiger partial charge is 0.231 e. The Hall–Kier alpha value is -2.05. The third kappa shape index (κ3) is 4.32. The van der Waals surface area contributed by atoms with Crippen LogP contribution in [0.25, 0.3) is 0 Å². The molecule has 2 heterocycles. The molecule has 0 fully saturated rings. The Labute approximate surface area is 155 Å². The number of hydrogen-bond donors (Lipinski definition) is 0. The summed E-state index contributed by atoms with van der Waals surface area (Å²) in [6.45, 7) is 3.20. The van der Waals surface area contributed by atoms with Crippen LogP contribution < -0.4 is 9.47 Å². The fourth-order valence-corrected chi connectivity index (χ4v) is 3.61. The highest BCUT2D eigenvalue weighted by atomic mass is 35.5. The van der Waals surface area contributed by atoms with Gasteiger partial charge in [-0.05, 0) is 36.8 Å². The molecule has 1 aromatic carbocycles. The van der Waals surface area contributed by atoms with Gasteiger partial charge in [-0.15, -0.1) is 11.3 Å². The maximum absolute atomic E-state index is 12.4. The summed E-state index contributed by atoms with van der Waals surface area (Å²) in [6.07, 6.45) is 0.375. The Bertz CT molecular complexity index is 789. The van der Waals surface area contributed by atoms with Crippen LogP contribution in [0, 0.1) is 0 Å². The van der Waals surface area contributed by atoms with Crippen LogP contribution in [0.3, 0.4) is 0 Å². The van der Waals surface area contributed by atoms with Gasteiger partial charge in [-0.25, -0.2) is 0 Å². The quantitative estimate of drug-likeness (QED) is 0.678. The zero-order valence-electron chi connectivity index (χ0n) is 13.8. The Morgan fingerprint density at radius 1 is 1.16 bits per heavy atom. The average molecular weight is 380 g/mol. The number of Topliss-reactive ketones (excluding diaryl/α,β-unsaturated/α-hetero) is 1. The summed E-state index contributed by atoms with van der Waals surface area (Å²) in [4.78, 5) is 26.9. The second kappa shape index (κ2) is 7.89. The predicted octanol–water partition coefficient (Wildman–Crippen LogP) is 4.14. The zero-order valence-corrected chi connectivity index (χ0v) is 15.4. The molecule has 132 valence electrons. The topological polar surface area (TPSA) is 55.8 Å². The van der Waals surface area contributed by atoms with E-state index in [0.29, 0.717) is 28.1 Å². The maximum Gasteiger partial charge on any atom is 0.231 e. The minimum atomic E-state index is -0.0515.